The first-order chi connectivity index (χ1) is 13.0. The van der Waals surface area contributed by atoms with Crippen molar-refractivity contribution in [3.8, 4) is 0 Å². The number of nitrogens with one attached hydrogen (secondary N) is 1. The first kappa shape index (κ1) is 17.7. The van der Waals surface area contributed by atoms with Crippen LogP contribution in [0, 0.1) is 0 Å². The number of hydrogen-bond donors (Lipinski definition) is 1. The fourth-order valence-electron chi connectivity index (χ4n) is 3.62. The lowest BCUT2D eigenvalue weighted by Gasteiger charge is -2.36. The van der Waals surface area contributed by atoms with Crippen LogP contribution < -0.4 is 5.32 Å². The molecular formula is C19H19N3O4S. The Labute approximate surface area is 157 Å². The summed E-state index contributed by atoms with van der Waals surface area (Å²) in [5, 5.41) is 2.79. The summed E-state index contributed by atoms with van der Waals surface area (Å²) < 4.78 is 27.3. The van der Waals surface area contributed by atoms with Crippen molar-refractivity contribution in [2.24, 2.45) is 0 Å². The number of sulfonamides is 1. The van der Waals surface area contributed by atoms with E-state index in [0.29, 0.717) is 6.42 Å². The molecule has 3 amide bonds. The molecule has 2 aliphatic heterocycles. The molecule has 2 saturated heterocycles. The maximum absolute atomic E-state index is 13.1. The van der Waals surface area contributed by atoms with Gasteiger partial charge in [0.15, 0.2) is 0 Å². The van der Waals surface area contributed by atoms with Crippen LogP contribution in [0.2, 0.25) is 0 Å². The molecule has 8 heteroatoms. The number of amides is 3. The highest BCUT2D eigenvalue weighted by Gasteiger charge is 2.51. The Hall–Kier alpha value is -2.71. The average molecular weight is 385 g/mol. The van der Waals surface area contributed by atoms with E-state index in [4.69, 9.17) is 0 Å². The number of rotatable bonds is 4. The zero-order valence-electron chi connectivity index (χ0n) is 14.5. The molecule has 4 rings (SSSR count). The van der Waals surface area contributed by atoms with E-state index in [1.807, 2.05) is 30.3 Å². The van der Waals surface area contributed by atoms with Crippen molar-refractivity contribution in [2.75, 3.05) is 6.54 Å². The standard InChI is InChI=1S/C19H19N3O4S/c23-18-17-16(20-19(24)21(18)13-14-7-3-1-4-8-14)11-12-22(17)27(25,26)15-9-5-2-6-10-15/h1-10,16-17H,11-13H2,(H,20,24)/t16-,17-/m1/s1. The lowest BCUT2D eigenvalue weighted by Crippen LogP contribution is -2.64. The van der Waals surface area contributed by atoms with Gasteiger partial charge < -0.3 is 5.32 Å². The second kappa shape index (κ2) is 6.79. The summed E-state index contributed by atoms with van der Waals surface area (Å²) >= 11 is 0. The van der Waals surface area contributed by atoms with Crippen LogP contribution in [0.25, 0.3) is 0 Å². The van der Waals surface area contributed by atoms with Gasteiger partial charge in [0.05, 0.1) is 17.5 Å². The summed E-state index contributed by atoms with van der Waals surface area (Å²) in [6.07, 6.45) is 0.410. The van der Waals surface area contributed by atoms with Crippen LogP contribution in [0.15, 0.2) is 65.6 Å². The largest absolute Gasteiger partial charge is 0.333 e. The van der Waals surface area contributed by atoms with Crippen molar-refractivity contribution in [1.82, 2.24) is 14.5 Å². The molecule has 140 valence electrons. The summed E-state index contributed by atoms with van der Waals surface area (Å²) in [4.78, 5) is 26.7. The van der Waals surface area contributed by atoms with Crippen molar-refractivity contribution < 1.29 is 18.0 Å². The summed E-state index contributed by atoms with van der Waals surface area (Å²) in [6, 6.07) is 15.3. The minimum Gasteiger partial charge on any atom is -0.333 e. The molecule has 2 aromatic rings. The van der Waals surface area contributed by atoms with Gasteiger partial charge in [0.2, 0.25) is 10.0 Å². The third-order valence-electron chi connectivity index (χ3n) is 4.96. The molecule has 0 radical (unpaired) electrons. The van der Waals surface area contributed by atoms with Crippen LogP contribution in [0.5, 0.6) is 0 Å². The fourth-order valence-corrected chi connectivity index (χ4v) is 5.27. The van der Waals surface area contributed by atoms with Crippen molar-refractivity contribution in [3.05, 3.63) is 66.2 Å². The topological polar surface area (TPSA) is 86.8 Å². The van der Waals surface area contributed by atoms with Gasteiger partial charge in [0, 0.05) is 6.54 Å². The van der Waals surface area contributed by atoms with Gasteiger partial charge in [-0.2, -0.15) is 4.31 Å². The van der Waals surface area contributed by atoms with Gasteiger partial charge in [-0.1, -0.05) is 48.5 Å². The van der Waals surface area contributed by atoms with Crippen LogP contribution in [0.3, 0.4) is 0 Å². The van der Waals surface area contributed by atoms with Crippen LogP contribution in [0.1, 0.15) is 12.0 Å². The average Bonchev–Trinajstić information content (AvgIpc) is 3.11. The van der Waals surface area contributed by atoms with Gasteiger partial charge in [-0.25, -0.2) is 13.2 Å². The summed E-state index contributed by atoms with van der Waals surface area (Å²) in [7, 11) is -3.82. The van der Waals surface area contributed by atoms with E-state index >= 15 is 0 Å². The smallest absolute Gasteiger partial charge is 0.324 e. The highest BCUT2D eigenvalue weighted by atomic mass is 32.2. The van der Waals surface area contributed by atoms with E-state index in [9.17, 15) is 18.0 Å². The number of imide groups is 1. The summed E-state index contributed by atoms with van der Waals surface area (Å²) in [6.45, 7) is 0.297. The zero-order chi connectivity index (χ0) is 19.0. The zero-order valence-corrected chi connectivity index (χ0v) is 15.3. The molecule has 2 atom stereocenters. The first-order valence-corrected chi connectivity index (χ1v) is 10.2. The SMILES string of the molecule is O=C1N[C@@H]2CCN(S(=O)(=O)c3ccccc3)[C@H]2C(=O)N1Cc1ccccc1. The van der Waals surface area contributed by atoms with Crippen LogP contribution >= 0.6 is 0 Å². The van der Waals surface area contributed by atoms with Gasteiger partial charge in [-0.3, -0.25) is 9.69 Å². The number of nitrogens with zero attached hydrogens (tertiary/aromatic N) is 2. The van der Waals surface area contributed by atoms with Crippen LogP contribution in [-0.2, 0) is 21.4 Å². The quantitative estimate of drug-likeness (QED) is 0.866. The summed E-state index contributed by atoms with van der Waals surface area (Å²) in [5.41, 5.74) is 0.801. The fraction of sp³-hybridized carbons (Fsp3) is 0.263. The van der Waals surface area contributed by atoms with Gasteiger partial charge in [-0.15, -0.1) is 0 Å². The Morgan fingerprint density at radius 2 is 1.59 bits per heavy atom. The third-order valence-corrected chi connectivity index (χ3v) is 6.85. The van der Waals surface area contributed by atoms with Gasteiger partial charge in [0.25, 0.3) is 5.91 Å². The molecule has 0 spiro atoms. The normalized spacial score (nSPS) is 23.2. The molecule has 2 fully saturated rings. The molecule has 1 N–H and O–H groups in total. The minimum absolute atomic E-state index is 0.105. The third kappa shape index (κ3) is 3.11. The molecule has 27 heavy (non-hydrogen) atoms. The minimum atomic E-state index is -3.82. The van der Waals surface area contributed by atoms with E-state index in [1.165, 1.54) is 16.4 Å². The summed E-state index contributed by atoms with van der Waals surface area (Å²) in [5.74, 6) is -0.482. The maximum atomic E-state index is 13.1. The van der Waals surface area contributed by atoms with Crippen LogP contribution in [0.4, 0.5) is 4.79 Å². The monoisotopic (exact) mass is 385 g/mol. The number of hydrogen-bond acceptors (Lipinski definition) is 4. The van der Waals surface area contributed by atoms with Gasteiger partial charge in [-0.05, 0) is 24.1 Å². The molecule has 2 heterocycles. The Kier molecular flexibility index (Phi) is 4.45. The van der Waals surface area contributed by atoms with Crippen molar-refractivity contribution >= 4 is 22.0 Å². The van der Waals surface area contributed by atoms with E-state index in [1.54, 1.807) is 18.2 Å². The Morgan fingerprint density at radius 3 is 2.26 bits per heavy atom. The number of carbonyl (C=O) groups excluding carboxylic acids is 2. The predicted molar refractivity (Wildman–Crippen MR) is 98.1 cm³/mol. The van der Waals surface area contributed by atoms with Crippen molar-refractivity contribution in [1.29, 1.82) is 0 Å². The second-order valence-electron chi connectivity index (χ2n) is 6.63. The van der Waals surface area contributed by atoms with Gasteiger partial charge in [0.1, 0.15) is 6.04 Å². The lowest BCUT2D eigenvalue weighted by molar-refractivity contribution is -0.134. The van der Waals surface area contributed by atoms with Crippen LogP contribution in [-0.4, -0.2) is 48.2 Å². The Balaban J connectivity index is 1.64. The number of carbonyl (C=O) groups is 2. The molecular weight excluding hydrogens is 366 g/mol. The molecule has 0 bridgehead atoms. The van der Waals surface area contributed by atoms with Gasteiger partial charge >= 0.3 is 6.03 Å². The number of benzene rings is 2. The van der Waals surface area contributed by atoms with Crippen molar-refractivity contribution in [2.45, 2.75) is 29.9 Å². The highest BCUT2D eigenvalue weighted by Crippen LogP contribution is 2.30. The predicted octanol–water partition coefficient (Wildman–Crippen LogP) is 1.57. The van der Waals surface area contributed by atoms with E-state index in [-0.39, 0.29) is 18.0 Å². The molecule has 0 aromatic heterocycles. The van der Waals surface area contributed by atoms with E-state index in [0.717, 1.165) is 10.5 Å². The molecule has 0 unspecified atom stereocenters. The molecule has 0 saturated carbocycles. The highest BCUT2D eigenvalue weighted by molar-refractivity contribution is 7.89. The second-order valence-corrected chi connectivity index (χ2v) is 8.52. The van der Waals surface area contributed by atoms with Crippen molar-refractivity contribution in [3.63, 3.8) is 0 Å². The maximum Gasteiger partial charge on any atom is 0.324 e. The first-order valence-electron chi connectivity index (χ1n) is 8.71. The molecule has 0 aliphatic carbocycles. The van der Waals surface area contributed by atoms with E-state index in [2.05, 4.69) is 5.32 Å². The Morgan fingerprint density at radius 1 is 0.963 bits per heavy atom. The number of urea groups is 1. The molecule has 7 nitrogen and oxygen atoms in total. The van der Waals surface area contributed by atoms with E-state index < -0.39 is 34.0 Å². The number of fused-ring (bicyclic) bond motifs is 1. The Bertz CT molecular complexity index is 963. The lowest BCUT2D eigenvalue weighted by atomic mass is 10.1. The molecule has 2 aliphatic rings. The molecule has 2 aromatic carbocycles.